The molecule has 0 saturated carbocycles. The summed E-state index contributed by atoms with van der Waals surface area (Å²) >= 11 is 0. The molecule has 1 aliphatic rings. The fourth-order valence-electron chi connectivity index (χ4n) is 5.17. The minimum absolute atomic E-state index is 0.00578. The van der Waals surface area contributed by atoms with Gasteiger partial charge in [-0.15, -0.1) is 0 Å². The third kappa shape index (κ3) is 4.35. The molecule has 0 aliphatic carbocycles. The first-order chi connectivity index (χ1) is 15.5. The van der Waals surface area contributed by atoms with Crippen LogP contribution in [0.1, 0.15) is 56.6 Å². The van der Waals surface area contributed by atoms with Gasteiger partial charge in [0.1, 0.15) is 17.1 Å². The smallest absolute Gasteiger partial charge is 0.343 e. The third-order valence-corrected chi connectivity index (χ3v) is 6.87. The summed E-state index contributed by atoms with van der Waals surface area (Å²) in [7, 11) is 0. The van der Waals surface area contributed by atoms with E-state index in [4.69, 9.17) is 4.42 Å². The van der Waals surface area contributed by atoms with Crippen LogP contribution in [0.2, 0.25) is 0 Å². The van der Waals surface area contributed by atoms with Crippen molar-refractivity contribution in [1.82, 2.24) is 4.90 Å². The van der Waals surface area contributed by atoms with E-state index in [-0.39, 0.29) is 17.1 Å². The SMILES string of the molecule is CC[C@@H]1CCCCN1C[C@H](C(C)=O)[C@@H](c1ccccc1)c1c(O)c2ccccc2oc1=O. The fraction of sp³-hybridized carbons (Fsp3) is 0.407. The molecule has 2 aromatic carbocycles. The largest absolute Gasteiger partial charge is 0.507 e. The number of piperidine rings is 1. The second-order valence-corrected chi connectivity index (χ2v) is 8.81. The van der Waals surface area contributed by atoms with E-state index in [1.165, 1.54) is 6.42 Å². The van der Waals surface area contributed by atoms with Crippen molar-refractivity contribution in [3.63, 3.8) is 0 Å². The van der Waals surface area contributed by atoms with Crippen molar-refractivity contribution in [2.45, 2.75) is 51.5 Å². The van der Waals surface area contributed by atoms with Crippen LogP contribution in [0.25, 0.3) is 11.0 Å². The molecule has 0 radical (unpaired) electrons. The van der Waals surface area contributed by atoms with Gasteiger partial charge in [0.25, 0.3) is 0 Å². The van der Waals surface area contributed by atoms with Gasteiger partial charge in [0.15, 0.2) is 0 Å². The molecule has 0 amide bonds. The van der Waals surface area contributed by atoms with Crippen LogP contribution >= 0.6 is 0 Å². The Morgan fingerprint density at radius 2 is 1.84 bits per heavy atom. The monoisotopic (exact) mass is 433 g/mol. The number of Topliss-reactive ketones (excluding diaryl/α,β-unsaturated/α-hetero) is 1. The second-order valence-electron chi connectivity index (χ2n) is 8.81. The molecular weight excluding hydrogens is 402 g/mol. The summed E-state index contributed by atoms with van der Waals surface area (Å²) in [5.74, 6) is -1.15. The van der Waals surface area contributed by atoms with Gasteiger partial charge in [-0.1, -0.05) is 55.8 Å². The fourth-order valence-corrected chi connectivity index (χ4v) is 5.17. The topological polar surface area (TPSA) is 70.8 Å². The van der Waals surface area contributed by atoms with Crippen LogP contribution < -0.4 is 5.63 Å². The van der Waals surface area contributed by atoms with Crippen LogP contribution in [0.4, 0.5) is 0 Å². The molecule has 5 nitrogen and oxygen atoms in total. The van der Waals surface area contributed by atoms with Gasteiger partial charge in [-0.3, -0.25) is 9.69 Å². The van der Waals surface area contributed by atoms with Crippen LogP contribution in [-0.4, -0.2) is 34.9 Å². The lowest BCUT2D eigenvalue weighted by Gasteiger charge is -2.39. The molecule has 1 saturated heterocycles. The van der Waals surface area contributed by atoms with E-state index in [1.807, 2.05) is 30.3 Å². The van der Waals surface area contributed by atoms with Crippen molar-refractivity contribution >= 4 is 16.8 Å². The maximum Gasteiger partial charge on any atom is 0.343 e. The highest BCUT2D eigenvalue weighted by Gasteiger charge is 2.36. The number of hydrogen-bond acceptors (Lipinski definition) is 5. The van der Waals surface area contributed by atoms with E-state index >= 15 is 0 Å². The molecule has 2 heterocycles. The van der Waals surface area contributed by atoms with Crippen LogP contribution in [0.15, 0.2) is 63.8 Å². The highest BCUT2D eigenvalue weighted by molar-refractivity contribution is 5.86. The summed E-state index contributed by atoms with van der Waals surface area (Å²) in [5, 5.41) is 11.7. The molecular formula is C27H31NO4. The Balaban J connectivity index is 1.86. The van der Waals surface area contributed by atoms with Gasteiger partial charge >= 0.3 is 5.63 Å². The predicted molar refractivity (Wildman–Crippen MR) is 126 cm³/mol. The van der Waals surface area contributed by atoms with E-state index in [0.29, 0.717) is 23.6 Å². The number of aromatic hydroxyl groups is 1. The molecule has 1 fully saturated rings. The van der Waals surface area contributed by atoms with E-state index < -0.39 is 17.5 Å². The Labute approximate surface area is 188 Å². The molecule has 4 rings (SSSR count). The number of para-hydroxylation sites is 1. The molecule has 5 heteroatoms. The van der Waals surface area contributed by atoms with Gasteiger partial charge in [-0.05, 0) is 50.4 Å². The Morgan fingerprint density at radius 3 is 2.56 bits per heavy atom. The number of fused-ring (bicyclic) bond motifs is 1. The van der Waals surface area contributed by atoms with E-state index in [1.54, 1.807) is 31.2 Å². The zero-order valence-corrected chi connectivity index (χ0v) is 18.8. The molecule has 3 atom stereocenters. The van der Waals surface area contributed by atoms with Crippen LogP contribution in [0.3, 0.4) is 0 Å². The summed E-state index contributed by atoms with van der Waals surface area (Å²) in [6.45, 7) is 5.27. The van der Waals surface area contributed by atoms with Gasteiger partial charge in [0, 0.05) is 24.4 Å². The number of nitrogens with zero attached hydrogens (tertiary/aromatic N) is 1. The minimum atomic E-state index is -0.591. The second kappa shape index (κ2) is 9.70. The Kier molecular flexibility index (Phi) is 6.75. The predicted octanol–water partition coefficient (Wildman–Crippen LogP) is 5.10. The molecule has 0 bridgehead atoms. The highest BCUT2D eigenvalue weighted by atomic mass is 16.4. The lowest BCUT2D eigenvalue weighted by Crippen LogP contribution is -2.45. The molecule has 0 spiro atoms. The molecule has 1 aliphatic heterocycles. The molecule has 1 N–H and O–H groups in total. The maximum absolute atomic E-state index is 13.2. The van der Waals surface area contributed by atoms with Crippen LogP contribution in [0, 0.1) is 5.92 Å². The Hall–Kier alpha value is -2.92. The summed E-state index contributed by atoms with van der Waals surface area (Å²) in [4.78, 5) is 28.6. The molecule has 168 valence electrons. The number of benzene rings is 2. The zero-order chi connectivity index (χ0) is 22.7. The normalized spacial score (nSPS) is 19.0. The van der Waals surface area contributed by atoms with Crippen molar-refractivity contribution in [3.8, 4) is 5.75 Å². The third-order valence-electron chi connectivity index (χ3n) is 6.87. The summed E-state index contributed by atoms with van der Waals surface area (Å²) in [6.07, 6.45) is 4.47. The van der Waals surface area contributed by atoms with E-state index in [9.17, 15) is 14.7 Å². The number of carbonyl (C=O) groups excluding carboxylic acids is 1. The average molecular weight is 434 g/mol. The van der Waals surface area contributed by atoms with Crippen molar-refractivity contribution in [2.75, 3.05) is 13.1 Å². The minimum Gasteiger partial charge on any atom is -0.507 e. The van der Waals surface area contributed by atoms with Gasteiger partial charge in [0.2, 0.25) is 0 Å². The Bertz CT molecular complexity index is 1140. The zero-order valence-electron chi connectivity index (χ0n) is 18.8. The Morgan fingerprint density at radius 1 is 1.12 bits per heavy atom. The first-order valence-electron chi connectivity index (χ1n) is 11.6. The van der Waals surface area contributed by atoms with Crippen molar-refractivity contribution in [3.05, 3.63) is 76.1 Å². The number of carbonyl (C=O) groups is 1. The maximum atomic E-state index is 13.2. The van der Waals surface area contributed by atoms with Crippen molar-refractivity contribution < 1.29 is 14.3 Å². The number of likely N-dealkylation sites (tertiary alicyclic amines) is 1. The van der Waals surface area contributed by atoms with Crippen molar-refractivity contribution in [1.29, 1.82) is 0 Å². The summed E-state index contributed by atoms with van der Waals surface area (Å²) < 4.78 is 5.60. The van der Waals surface area contributed by atoms with Gasteiger partial charge in [0.05, 0.1) is 10.9 Å². The average Bonchev–Trinajstić information content (AvgIpc) is 2.81. The van der Waals surface area contributed by atoms with Gasteiger partial charge in [-0.2, -0.15) is 0 Å². The molecule has 0 unspecified atom stereocenters. The van der Waals surface area contributed by atoms with Crippen LogP contribution in [0.5, 0.6) is 5.75 Å². The summed E-state index contributed by atoms with van der Waals surface area (Å²) in [6, 6.07) is 16.9. The van der Waals surface area contributed by atoms with E-state index in [2.05, 4.69) is 11.8 Å². The van der Waals surface area contributed by atoms with Crippen LogP contribution in [-0.2, 0) is 4.79 Å². The van der Waals surface area contributed by atoms with Gasteiger partial charge in [-0.25, -0.2) is 4.79 Å². The number of hydrogen-bond donors (Lipinski definition) is 1. The summed E-state index contributed by atoms with van der Waals surface area (Å²) in [5.41, 5.74) is 0.745. The molecule has 3 aromatic rings. The lowest BCUT2D eigenvalue weighted by atomic mass is 9.78. The molecule has 32 heavy (non-hydrogen) atoms. The standard InChI is InChI=1S/C27H31NO4/c1-3-20-13-9-10-16-28(20)17-22(18(2)29)24(19-11-5-4-6-12-19)25-26(30)21-14-7-8-15-23(21)32-27(25)31/h4-8,11-12,14-15,20,22,24,30H,3,9-10,13,16-17H2,1-2H3/t20-,22-,24-/m1/s1. The first kappa shape index (κ1) is 22.3. The number of rotatable bonds is 7. The quantitative estimate of drug-likeness (QED) is 0.525. The lowest BCUT2D eigenvalue weighted by molar-refractivity contribution is -0.122. The van der Waals surface area contributed by atoms with E-state index in [0.717, 1.165) is 31.4 Å². The van der Waals surface area contributed by atoms with Crippen molar-refractivity contribution in [2.24, 2.45) is 5.92 Å². The number of ketones is 1. The first-order valence-corrected chi connectivity index (χ1v) is 11.6. The molecule has 1 aromatic heterocycles. The van der Waals surface area contributed by atoms with Gasteiger partial charge < -0.3 is 9.52 Å². The highest BCUT2D eigenvalue weighted by Crippen LogP contribution is 2.39.